The molecule has 0 aliphatic heterocycles. The molecule has 96 valence electrons. The molecule has 0 aliphatic carbocycles. The van der Waals surface area contributed by atoms with Gasteiger partial charge in [0.15, 0.2) is 0 Å². The number of nitrogens with two attached hydrogens (primary N) is 1. The largest absolute Gasteiger partial charge is 0.383 e. The predicted octanol–water partition coefficient (Wildman–Crippen LogP) is 3.45. The minimum Gasteiger partial charge on any atom is -0.383 e. The smallest absolute Gasteiger partial charge is 0.131 e. The van der Waals surface area contributed by atoms with E-state index in [1.807, 2.05) is 36.7 Å². The fraction of sp³-hybridized carbons (Fsp3) is 0.0769. The molecule has 0 fully saturated rings. The highest BCUT2D eigenvalue weighted by molar-refractivity contribution is 7.14. The third-order valence-corrected chi connectivity index (χ3v) is 4.19. The van der Waals surface area contributed by atoms with Crippen LogP contribution < -0.4 is 5.73 Å². The van der Waals surface area contributed by atoms with E-state index < -0.39 is 0 Å². The lowest BCUT2D eigenvalue weighted by Gasteiger charge is -2.02. The first-order valence-corrected chi connectivity index (χ1v) is 6.91. The Morgan fingerprint density at radius 3 is 2.79 bits per heavy atom. The summed E-state index contributed by atoms with van der Waals surface area (Å²) < 4.78 is 1.65. The summed E-state index contributed by atoms with van der Waals surface area (Å²) >= 11 is 7.74. The molecule has 3 aromatic heterocycles. The van der Waals surface area contributed by atoms with Crippen molar-refractivity contribution in [1.82, 2.24) is 14.8 Å². The molecule has 0 bridgehead atoms. The van der Waals surface area contributed by atoms with E-state index in [1.165, 1.54) is 0 Å². The lowest BCUT2D eigenvalue weighted by atomic mass is 10.1. The van der Waals surface area contributed by atoms with Crippen LogP contribution in [0.1, 0.15) is 0 Å². The number of aromatic nitrogens is 3. The first-order valence-electron chi connectivity index (χ1n) is 5.65. The van der Waals surface area contributed by atoms with Crippen molar-refractivity contribution in [1.29, 1.82) is 0 Å². The van der Waals surface area contributed by atoms with Gasteiger partial charge in [0.25, 0.3) is 0 Å². The molecule has 0 atom stereocenters. The summed E-state index contributed by atoms with van der Waals surface area (Å²) in [5, 5.41) is 7.08. The van der Waals surface area contributed by atoms with Crippen LogP contribution in [0.3, 0.4) is 0 Å². The molecule has 3 heterocycles. The van der Waals surface area contributed by atoms with Crippen molar-refractivity contribution >= 4 is 28.8 Å². The van der Waals surface area contributed by atoms with Crippen LogP contribution in [-0.2, 0) is 7.05 Å². The number of nitrogen functional groups attached to an aromatic ring is 1. The molecule has 0 aromatic carbocycles. The Morgan fingerprint density at radius 1 is 1.32 bits per heavy atom. The number of rotatable bonds is 2. The van der Waals surface area contributed by atoms with Gasteiger partial charge in [-0.3, -0.25) is 9.67 Å². The Hall–Kier alpha value is -1.85. The van der Waals surface area contributed by atoms with Gasteiger partial charge < -0.3 is 5.73 Å². The van der Waals surface area contributed by atoms with Crippen molar-refractivity contribution in [3.63, 3.8) is 0 Å². The standard InChI is InChI=1S/C13H11ClN4S/c1-18-13(15)10(9-4-2-3-6-16-9)11(17-18)12-8(14)5-7-19-12/h2-7H,15H2,1H3. The molecular weight excluding hydrogens is 280 g/mol. The summed E-state index contributed by atoms with van der Waals surface area (Å²) in [4.78, 5) is 5.26. The summed E-state index contributed by atoms with van der Waals surface area (Å²) in [5.74, 6) is 0.582. The lowest BCUT2D eigenvalue weighted by molar-refractivity contribution is 0.783. The lowest BCUT2D eigenvalue weighted by Crippen LogP contribution is -1.98. The molecule has 0 aliphatic rings. The van der Waals surface area contributed by atoms with Gasteiger partial charge in [-0.15, -0.1) is 11.3 Å². The summed E-state index contributed by atoms with van der Waals surface area (Å²) in [7, 11) is 1.81. The van der Waals surface area contributed by atoms with Crippen LogP contribution in [-0.4, -0.2) is 14.8 Å². The summed E-state index contributed by atoms with van der Waals surface area (Å²) in [6.45, 7) is 0. The third kappa shape index (κ3) is 2.01. The average molecular weight is 291 g/mol. The number of hydrogen-bond acceptors (Lipinski definition) is 4. The van der Waals surface area contributed by atoms with Crippen LogP contribution in [0, 0.1) is 0 Å². The van der Waals surface area contributed by atoms with Crippen molar-refractivity contribution < 1.29 is 0 Å². The number of halogens is 1. The first-order chi connectivity index (χ1) is 9.18. The van der Waals surface area contributed by atoms with Crippen LogP contribution in [0.4, 0.5) is 5.82 Å². The van der Waals surface area contributed by atoms with Crippen molar-refractivity contribution in [2.45, 2.75) is 0 Å². The molecule has 4 nitrogen and oxygen atoms in total. The zero-order chi connectivity index (χ0) is 13.4. The highest BCUT2D eigenvalue weighted by Gasteiger charge is 2.20. The number of nitrogens with zero attached hydrogens (tertiary/aromatic N) is 3. The SMILES string of the molecule is Cn1nc(-c2sccc2Cl)c(-c2ccccn2)c1N. The molecule has 6 heteroatoms. The van der Waals surface area contributed by atoms with E-state index in [9.17, 15) is 0 Å². The van der Waals surface area contributed by atoms with Gasteiger partial charge >= 0.3 is 0 Å². The number of hydrogen-bond donors (Lipinski definition) is 1. The van der Waals surface area contributed by atoms with E-state index in [2.05, 4.69) is 10.1 Å². The second-order valence-corrected chi connectivity index (χ2v) is 5.37. The molecule has 3 aromatic rings. The molecule has 0 saturated carbocycles. The van der Waals surface area contributed by atoms with Gasteiger partial charge in [0.05, 0.1) is 21.2 Å². The van der Waals surface area contributed by atoms with Gasteiger partial charge in [-0.05, 0) is 23.6 Å². The van der Waals surface area contributed by atoms with E-state index in [0.29, 0.717) is 10.8 Å². The number of anilines is 1. The van der Waals surface area contributed by atoms with Gasteiger partial charge in [-0.2, -0.15) is 5.10 Å². The van der Waals surface area contributed by atoms with Crippen molar-refractivity contribution in [3.05, 3.63) is 40.9 Å². The van der Waals surface area contributed by atoms with Crippen molar-refractivity contribution in [2.24, 2.45) is 7.05 Å². The monoisotopic (exact) mass is 290 g/mol. The highest BCUT2D eigenvalue weighted by atomic mass is 35.5. The van der Waals surface area contributed by atoms with E-state index in [1.54, 1.807) is 22.2 Å². The Labute approximate surface area is 119 Å². The fourth-order valence-corrected chi connectivity index (χ4v) is 3.06. The van der Waals surface area contributed by atoms with Crippen molar-refractivity contribution in [3.8, 4) is 21.8 Å². The maximum absolute atomic E-state index is 6.20. The summed E-state index contributed by atoms with van der Waals surface area (Å²) in [6, 6.07) is 7.56. The molecule has 0 spiro atoms. The maximum Gasteiger partial charge on any atom is 0.131 e. The molecule has 2 N–H and O–H groups in total. The van der Waals surface area contributed by atoms with Gasteiger partial charge in [-0.25, -0.2) is 0 Å². The van der Waals surface area contributed by atoms with Crippen LogP contribution >= 0.6 is 22.9 Å². The van der Waals surface area contributed by atoms with Crippen molar-refractivity contribution in [2.75, 3.05) is 5.73 Å². The van der Waals surface area contributed by atoms with E-state index in [-0.39, 0.29) is 0 Å². The average Bonchev–Trinajstić information content (AvgIpc) is 2.96. The zero-order valence-electron chi connectivity index (χ0n) is 10.2. The van der Waals surface area contributed by atoms with E-state index >= 15 is 0 Å². The van der Waals surface area contributed by atoms with Crippen LogP contribution in [0.2, 0.25) is 5.02 Å². The Balaban J connectivity index is 2.28. The van der Waals surface area contributed by atoms with E-state index in [4.69, 9.17) is 17.3 Å². The topological polar surface area (TPSA) is 56.7 Å². The third-order valence-electron chi connectivity index (χ3n) is 2.84. The van der Waals surface area contributed by atoms with Crippen LogP contribution in [0.15, 0.2) is 35.8 Å². The summed E-state index contributed by atoms with van der Waals surface area (Å²) in [6.07, 6.45) is 1.74. The molecule has 0 amide bonds. The minimum atomic E-state index is 0.582. The van der Waals surface area contributed by atoms with E-state index in [0.717, 1.165) is 21.8 Å². The number of pyridine rings is 1. The Morgan fingerprint density at radius 2 is 2.16 bits per heavy atom. The minimum absolute atomic E-state index is 0.582. The highest BCUT2D eigenvalue weighted by Crippen LogP contribution is 2.40. The molecule has 3 rings (SSSR count). The number of aryl methyl sites for hydroxylation is 1. The molecule has 0 unspecified atom stereocenters. The van der Waals surface area contributed by atoms with Gasteiger partial charge in [0, 0.05) is 13.2 Å². The Bertz CT molecular complexity index is 718. The molecular formula is C13H11ClN4S. The Kier molecular flexibility index (Phi) is 3.00. The fourth-order valence-electron chi connectivity index (χ4n) is 1.92. The van der Waals surface area contributed by atoms with Crippen LogP contribution in [0.5, 0.6) is 0 Å². The second-order valence-electron chi connectivity index (χ2n) is 4.05. The number of thiophene rings is 1. The predicted molar refractivity (Wildman–Crippen MR) is 79.2 cm³/mol. The molecule has 0 radical (unpaired) electrons. The molecule has 0 saturated heterocycles. The molecule has 19 heavy (non-hydrogen) atoms. The van der Waals surface area contributed by atoms with Gasteiger partial charge in [0.2, 0.25) is 0 Å². The quantitative estimate of drug-likeness (QED) is 0.786. The van der Waals surface area contributed by atoms with Gasteiger partial charge in [-0.1, -0.05) is 17.7 Å². The normalized spacial score (nSPS) is 10.8. The maximum atomic E-state index is 6.20. The van der Waals surface area contributed by atoms with Gasteiger partial charge in [0.1, 0.15) is 11.5 Å². The van der Waals surface area contributed by atoms with Crippen LogP contribution in [0.25, 0.3) is 21.8 Å². The first kappa shape index (κ1) is 12.2. The second kappa shape index (κ2) is 4.68. The summed E-state index contributed by atoms with van der Waals surface area (Å²) in [5.41, 5.74) is 8.52. The zero-order valence-corrected chi connectivity index (χ0v) is 11.7.